The number of hydrogen-bond acceptors (Lipinski definition) is 6. The van der Waals surface area contributed by atoms with Crippen LogP contribution in [-0.2, 0) is 23.9 Å². The van der Waals surface area contributed by atoms with Gasteiger partial charge in [0.2, 0.25) is 6.10 Å². The Morgan fingerprint density at radius 3 is 1.89 bits per heavy atom. The molecule has 19 heavy (non-hydrogen) atoms. The summed E-state index contributed by atoms with van der Waals surface area (Å²) in [5, 5.41) is 35.4. The van der Waals surface area contributed by atoms with E-state index < -0.39 is 47.9 Å². The lowest BCUT2D eigenvalue weighted by Crippen LogP contribution is -2.45. The molecule has 0 fully saturated rings. The molecule has 0 aromatic rings. The van der Waals surface area contributed by atoms with Crippen molar-refractivity contribution in [1.82, 2.24) is 0 Å². The highest BCUT2D eigenvalue weighted by molar-refractivity contribution is 5.88. The second-order valence-electron chi connectivity index (χ2n) is 4.14. The van der Waals surface area contributed by atoms with Gasteiger partial charge in [-0.15, -0.1) is 0 Å². The molecular weight excluding hydrogens is 264 g/mol. The summed E-state index contributed by atoms with van der Waals surface area (Å²) in [6, 6.07) is 0. The Bertz CT molecular complexity index is 398. The van der Waals surface area contributed by atoms with E-state index in [1.165, 1.54) is 0 Å². The molecule has 108 valence electrons. The molecule has 0 heterocycles. The van der Waals surface area contributed by atoms with E-state index in [4.69, 9.17) is 15.3 Å². The molecule has 0 aromatic heterocycles. The summed E-state index contributed by atoms with van der Waals surface area (Å²) < 4.78 is 4.37. The monoisotopic (exact) mass is 278 g/mol. The van der Waals surface area contributed by atoms with E-state index >= 15 is 0 Å². The smallest absolute Gasteiger partial charge is 0.345 e. The molecule has 0 rings (SSSR count). The molecule has 0 saturated heterocycles. The lowest BCUT2D eigenvalue weighted by Gasteiger charge is -2.23. The molecule has 9 nitrogen and oxygen atoms in total. The van der Waals surface area contributed by atoms with Gasteiger partial charge in [-0.25, -0.2) is 9.59 Å². The highest BCUT2D eigenvalue weighted by Gasteiger charge is 2.41. The van der Waals surface area contributed by atoms with Crippen LogP contribution in [0.25, 0.3) is 0 Å². The van der Waals surface area contributed by atoms with E-state index in [1.807, 2.05) is 0 Å². The Hall–Kier alpha value is -2.16. The molecule has 4 N–H and O–H groups in total. The highest BCUT2D eigenvalue weighted by atomic mass is 16.6. The molecule has 0 aliphatic rings. The van der Waals surface area contributed by atoms with Crippen LogP contribution in [0.5, 0.6) is 0 Å². The van der Waals surface area contributed by atoms with Crippen molar-refractivity contribution in [1.29, 1.82) is 0 Å². The molecule has 3 atom stereocenters. The fourth-order valence-electron chi connectivity index (χ4n) is 1.10. The molecule has 0 amide bonds. The second-order valence-corrected chi connectivity index (χ2v) is 4.14. The lowest BCUT2D eigenvalue weighted by molar-refractivity contribution is -0.185. The van der Waals surface area contributed by atoms with Gasteiger partial charge in [-0.3, -0.25) is 9.59 Å². The number of carboxylic acid groups (broad SMARTS) is 3. The van der Waals surface area contributed by atoms with Crippen LogP contribution in [0.1, 0.15) is 20.3 Å². The molecule has 0 aromatic carbocycles. The highest BCUT2D eigenvalue weighted by Crippen LogP contribution is 2.16. The fourth-order valence-corrected chi connectivity index (χ4v) is 1.10. The normalized spacial score (nSPS) is 16.8. The van der Waals surface area contributed by atoms with Gasteiger partial charge < -0.3 is 25.2 Å². The molecule has 0 aliphatic heterocycles. The van der Waals surface area contributed by atoms with Gasteiger partial charge in [0.15, 0.2) is 5.60 Å². The standard InChI is InChI=1S/C10H14O9/c1-4(7(13)14)6(8(15)16)19-9(17)10(2,18)3-5(11)12/h4,6,18H,3H2,1-2H3,(H,11,12)(H,13,14)(H,15,16). The van der Waals surface area contributed by atoms with Crippen LogP contribution in [0.2, 0.25) is 0 Å². The number of aliphatic carboxylic acids is 3. The molecule has 0 aliphatic carbocycles. The topological polar surface area (TPSA) is 158 Å². The van der Waals surface area contributed by atoms with E-state index in [0.717, 1.165) is 13.8 Å². The van der Waals surface area contributed by atoms with Crippen molar-refractivity contribution in [3.8, 4) is 0 Å². The van der Waals surface area contributed by atoms with E-state index in [0.29, 0.717) is 0 Å². The second kappa shape index (κ2) is 6.14. The van der Waals surface area contributed by atoms with Gasteiger partial charge in [0, 0.05) is 0 Å². The Morgan fingerprint density at radius 1 is 1.11 bits per heavy atom. The zero-order chi connectivity index (χ0) is 15.4. The summed E-state index contributed by atoms with van der Waals surface area (Å²) >= 11 is 0. The molecule has 0 saturated carbocycles. The van der Waals surface area contributed by atoms with Crippen LogP contribution < -0.4 is 0 Å². The van der Waals surface area contributed by atoms with Crippen molar-refractivity contribution in [3.05, 3.63) is 0 Å². The summed E-state index contributed by atoms with van der Waals surface area (Å²) in [5.74, 6) is -7.80. The Kier molecular flexibility index (Phi) is 5.44. The number of esters is 1. The zero-order valence-electron chi connectivity index (χ0n) is 10.2. The minimum Gasteiger partial charge on any atom is -0.481 e. The Morgan fingerprint density at radius 2 is 1.58 bits per heavy atom. The number of rotatable bonds is 7. The SMILES string of the molecule is CC(C(=O)O)C(OC(=O)C(C)(O)CC(=O)O)C(=O)O. The average molecular weight is 278 g/mol. The molecule has 0 bridgehead atoms. The van der Waals surface area contributed by atoms with Gasteiger partial charge in [-0.1, -0.05) is 0 Å². The average Bonchev–Trinajstić information content (AvgIpc) is 2.21. The number of carbonyl (C=O) groups is 4. The van der Waals surface area contributed by atoms with E-state index in [1.54, 1.807) is 0 Å². The van der Waals surface area contributed by atoms with Crippen LogP contribution in [0.3, 0.4) is 0 Å². The first-order valence-electron chi connectivity index (χ1n) is 5.10. The molecule has 3 unspecified atom stereocenters. The Balaban J connectivity index is 4.96. The van der Waals surface area contributed by atoms with E-state index in [2.05, 4.69) is 4.74 Å². The number of ether oxygens (including phenoxy) is 1. The van der Waals surface area contributed by atoms with Gasteiger partial charge in [0.25, 0.3) is 0 Å². The van der Waals surface area contributed by atoms with Crippen LogP contribution in [0, 0.1) is 5.92 Å². The maximum Gasteiger partial charge on any atom is 0.345 e. The summed E-state index contributed by atoms with van der Waals surface area (Å²) in [5.41, 5.74) is -2.45. The van der Waals surface area contributed by atoms with Crippen LogP contribution in [0.4, 0.5) is 0 Å². The minimum atomic E-state index is -2.45. The zero-order valence-corrected chi connectivity index (χ0v) is 10.2. The van der Waals surface area contributed by atoms with Crippen LogP contribution >= 0.6 is 0 Å². The van der Waals surface area contributed by atoms with Gasteiger partial charge in [0.05, 0.1) is 6.42 Å². The molecule has 9 heteroatoms. The summed E-state index contributed by atoms with van der Waals surface area (Å²) in [4.78, 5) is 43.3. The van der Waals surface area contributed by atoms with Crippen LogP contribution in [0.15, 0.2) is 0 Å². The van der Waals surface area contributed by atoms with Gasteiger partial charge >= 0.3 is 23.9 Å². The van der Waals surface area contributed by atoms with Crippen molar-refractivity contribution in [3.63, 3.8) is 0 Å². The summed E-state index contributed by atoms with van der Waals surface area (Å²) in [7, 11) is 0. The maximum atomic E-state index is 11.5. The third-order valence-electron chi connectivity index (χ3n) is 2.26. The quantitative estimate of drug-likeness (QED) is 0.425. The third kappa shape index (κ3) is 4.92. The molecular formula is C10H14O9. The number of aliphatic hydroxyl groups is 1. The van der Waals surface area contributed by atoms with Crippen molar-refractivity contribution in [2.75, 3.05) is 0 Å². The van der Waals surface area contributed by atoms with Crippen molar-refractivity contribution < 1.29 is 44.3 Å². The largest absolute Gasteiger partial charge is 0.481 e. The predicted molar refractivity (Wildman–Crippen MR) is 57.2 cm³/mol. The minimum absolute atomic E-state index is 0.827. The maximum absolute atomic E-state index is 11.5. The van der Waals surface area contributed by atoms with Crippen molar-refractivity contribution >= 4 is 23.9 Å². The van der Waals surface area contributed by atoms with Gasteiger partial charge in [-0.05, 0) is 13.8 Å². The summed E-state index contributed by atoms with van der Waals surface area (Å²) in [6.45, 7) is 1.83. The first-order valence-corrected chi connectivity index (χ1v) is 5.10. The van der Waals surface area contributed by atoms with E-state index in [-0.39, 0.29) is 0 Å². The third-order valence-corrected chi connectivity index (χ3v) is 2.26. The van der Waals surface area contributed by atoms with Gasteiger partial charge in [-0.2, -0.15) is 0 Å². The summed E-state index contributed by atoms with van der Waals surface area (Å²) in [6.07, 6.45) is -3.02. The number of carbonyl (C=O) groups excluding carboxylic acids is 1. The van der Waals surface area contributed by atoms with Crippen LogP contribution in [-0.4, -0.2) is 56.0 Å². The number of hydrogen-bond donors (Lipinski definition) is 4. The first-order chi connectivity index (χ1) is 8.49. The van der Waals surface area contributed by atoms with E-state index in [9.17, 15) is 24.3 Å². The first kappa shape index (κ1) is 16.8. The van der Waals surface area contributed by atoms with Gasteiger partial charge in [0.1, 0.15) is 5.92 Å². The predicted octanol–water partition coefficient (Wildman–Crippen LogP) is -1.07. The number of carboxylic acids is 3. The molecule has 0 radical (unpaired) electrons. The molecule has 0 spiro atoms. The fraction of sp³-hybridized carbons (Fsp3) is 0.600. The van der Waals surface area contributed by atoms with Crippen molar-refractivity contribution in [2.45, 2.75) is 32.0 Å². The van der Waals surface area contributed by atoms with Crippen molar-refractivity contribution in [2.24, 2.45) is 5.92 Å². The lowest BCUT2D eigenvalue weighted by atomic mass is 10.0. The Labute approximate surface area is 107 Å².